The van der Waals surface area contributed by atoms with Gasteiger partial charge in [0.2, 0.25) is 0 Å². The number of nitrogens with zero attached hydrogens (tertiary/aromatic N) is 2. The van der Waals surface area contributed by atoms with Gasteiger partial charge in [-0.2, -0.15) is 5.26 Å². The van der Waals surface area contributed by atoms with Crippen LogP contribution in [-0.2, 0) is 4.79 Å². The molecule has 1 aromatic carbocycles. The molecule has 1 amide bonds. The summed E-state index contributed by atoms with van der Waals surface area (Å²) in [5.74, 6) is 0.478. The maximum Gasteiger partial charge on any atom is 0.261 e. The van der Waals surface area contributed by atoms with Crippen LogP contribution < -0.4 is 4.74 Å². The molecule has 0 unspecified atom stereocenters. The molecule has 4 heteroatoms. The molecule has 0 aliphatic carbocycles. The van der Waals surface area contributed by atoms with E-state index in [0.29, 0.717) is 17.9 Å². The van der Waals surface area contributed by atoms with Crippen molar-refractivity contribution < 1.29 is 9.53 Å². The van der Waals surface area contributed by atoms with Gasteiger partial charge in [0.15, 0.2) is 6.61 Å². The third-order valence-electron chi connectivity index (χ3n) is 2.77. The van der Waals surface area contributed by atoms with Crippen molar-refractivity contribution in [2.75, 3.05) is 13.2 Å². The summed E-state index contributed by atoms with van der Waals surface area (Å²) in [7, 11) is 0. The Morgan fingerprint density at radius 1 is 1.40 bits per heavy atom. The molecule has 0 saturated carbocycles. The van der Waals surface area contributed by atoms with Gasteiger partial charge in [0.1, 0.15) is 5.75 Å². The molecule has 0 saturated heterocycles. The molecule has 4 nitrogen and oxygen atoms in total. The molecule has 0 aliphatic rings. The summed E-state index contributed by atoms with van der Waals surface area (Å²) in [4.78, 5) is 13.9. The van der Waals surface area contributed by atoms with Crippen molar-refractivity contribution in [1.82, 2.24) is 4.90 Å². The fraction of sp³-hybridized carbons (Fsp3) is 0.375. The van der Waals surface area contributed by atoms with Crippen LogP contribution in [0.5, 0.6) is 5.75 Å². The van der Waals surface area contributed by atoms with Crippen molar-refractivity contribution in [3.05, 3.63) is 42.5 Å². The Balaban J connectivity index is 2.65. The Morgan fingerprint density at radius 2 is 2.00 bits per heavy atom. The van der Waals surface area contributed by atoms with E-state index in [1.54, 1.807) is 35.2 Å². The number of benzene rings is 1. The molecule has 1 aromatic rings. The van der Waals surface area contributed by atoms with Gasteiger partial charge in [0.25, 0.3) is 5.91 Å². The summed E-state index contributed by atoms with van der Waals surface area (Å²) >= 11 is 0. The molecule has 0 N–H and O–H groups in total. The maximum absolute atomic E-state index is 12.2. The molecule has 0 spiro atoms. The van der Waals surface area contributed by atoms with Crippen molar-refractivity contribution in [3.63, 3.8) is 0 Å². The third kappa shape index (κ3) is 4.43. The first kappa shape index (κ1) is 15.8. The van der Waals surface area contributed by atoms with Gasteiger partial charge in [-0.25, -0.2) is 0 Å². The summed E-state index contributed by atoms with van der Waals surface area (Å²) < 4.78 is 5.45. The van der Waals surface area contributed by atoms with Gasteiger partial charge >= 0.3 is 0 Å². The average Bonchev–Trinajstić information content (AvgIpc) is 2.41. The highest BCUT2D eigenvalue weighted by molar-refractivity contribution is 5.78. The lowest BCUT2D eigenvalue weighted by Gasteiger charge is -2.34. The first-order valence-corrected chi connectivity index (χ1v) is 6.43. The van der Waals surface area contributed by atoms with Crippen LogP contribution >= 0.6 is 0 Å². The van der Waals surface area contributed by atoms with Crippen LogP contribution in [0.25, 0.3) is 0 Å². The summed E-state index contributed by atoms with van der Waals surface area (Å²) in [6.45, 7) is 10.0. The quantitative estimate of drug-likeness (QED) is 0.774. The fourth-order valence-electron chi connectivity index (χ4n) is 1.73. The van der Waals surface area contributed by atoms with Crippen molar-refractivity contribution in [2.45, 2.75) is 26.3 Å². The molecule has 0 aromatic heterocycles. The van der Waals surface area contributed by atoms with E-state index in [9.17, 15) is 4.79 Å². The number of rotatable bonds is 5. The fourth-order valence-corrected chi connectivity index (χ4v) is 1.73. The van der Waals surface area contributed by atoms with E-state index in [2.05, 4.69) is 6.58 Å². The first-order valence-electron chi connectivity index (χ1n) is 6.43. The van der Waals surface area contributed by atoms with E-state index in [1.807, 2.05) is 26.8 Å². The molecule has 20 heavy (non-hydrogen) atoms. The summed E-state index contributed by atoms with van der Waals surface area (Å²) in [5.41, 5.74) is 0.283. The number of amides is 1. The lowest BCUT2D eigenvalue weighted by atomic mass is 10.1. The highest BCUT2D eigenvalue weighted by atomic mass is 16.5. The Hall–Kier alpha value is -2.28. The summed E-state index contributed by atoms with van der Waals surface area (Å²) in [6.07, 6.45) is 1.70. The standard InChI is InChI=1S/C16H20N2O2/c1-5-10-18(16(2,3)4)15(19)12-20-14-8-6-13(11-17)7-9-14/h5-9H,1,10,12H2,2-4H3. The maximum atomic E-state index is 12.2. The largest absolute Gasteiger partial charge is 0.484 e. The average molecular weight is 272 g/mol. The lowest BCUT2D eigenvalue weighted by molar-refractivity contribution is -0.137. The van der Waals surface area contributed by atoms with E-state index in [4.69, 9.17) is 10.00 Å². The zero-order chi connectivity index (χ0) is 15.2. The van der Waals surface area contributed by atoms with Gasteiger partial charge in [0.05, 0.1) is 11.6 Å². The number of nitriles is 1. The summed E-state index contributed by atoms with van der Waals surface area (Å²) in [5, 5.41) is 8.71. The topological polar surface area (TPSA) is 53.3 Å². The van der Waals surface area contributed by atoms with Gasteiger partial charge in [0, 0.05) is 12.1 Å². The molecular formula is C16H20N2O2. The number of ether oxygens (including phenoxy) is 1. The van der Waals surface area contributed by atoms with E-state index in [1.165, 1.54) is 0 Å². The highest BCUT2D eigenvalue weighted by Crippen LogP contribution is 2.15. The second kappa shape index (κ2) is 6.76. The molecular weight excluding hydrogens is 252 g/mol. The van der Waals surface area contributed by atoms with Crippen molar-refractivity contribution in [3.8, 4) is 11.8 Å². The van der Waals surface area contributed by atoms with Crippen LogP contribution in [0.1, 0.15) is 26.3 Å². The second-order valence-corrected chi connectivity index (χ2v) is 5.39. The monoisotopic (exact) mass is 272 g/mol. The smallest absolute Gasteiger partial charge is 0.261 e. The second-order valence-electron chi connectivity index (χ2n) is 5.39. The van der Waals surface area contributed by atoms with Crippen LogP contribution in [0.2, 0.25) is 0 Å². The SMILES string of the molecule is C=CCN(C(=O)COc1ccc(C#N)cc1)C(C)(C)C. The molecule has 1 rings (SSSR count). The number of hydrogen-bond donors (Lipinski definition) is 0. The predicted molar refractivity (Wildman–Crippen MR) is 78.3 cm³/mol. The van der Waals surface area contributed by atoms with E-state index in [-0.39, 0.29) is 18.1 Å². The summed E-state index contributed by atoms with van der Waals surface area (Å²) in [6, 6.07) is 8.71. The van der Waals surface area contributed by atoms with Crippen molar-refractivity contribution in [1.29, 1.82) is 5.26 Å². The highest BCUT2D eigenvalue weighted by Gasteiger charge is 2.25. The minimum absolute atomic E-state index is 0.0307. The molecule has 0 fully saturated rings. The minimum Gasteiger partial charge on any atom is -0.484 e. The normalized spacial score (nSPS) is 10.5. The predicted octanol–water partition coefficient (Wildman–Crippen LogP) is 2.75. The Morgan fingerprint density at radius 3 is 2.45 bits per heavy atom. The Labute approximate surface area is 120 Å². The van der Waals surface area contributed by atoms with Crippen LogP contribution in [0.3, 0.4) is 0 Å². The molecule has 0 bridgehead atoms. The van der Waals surface area contributed by atoms with Crippen LogP contribution in [0.15, 0.2) is 36.9 Å². The molecule has 0 heterocycles. The number of carbonyl (C=O) groups excluding carboxylic acids is 1. The van der Waals surface area contributed by atoms with Gasteiger partial charge in [-0.1, -0.05) is 6.08 Å². The van der Waals surface area contributed by atoms with Gasteiger partial charge in [-0.15, -0.1) is 6.58 Å². The van der Waals surface area contributed by atoms with Gasteiger partial charge in [-0.3, -0.25) is 4.79 Å². The Bertz CT molecular complexity index is 507. The molecule has 106 valence electrons. The lowest BCUT2D eigenvalue weighted by Crippen LogP contribution is -2.47. The number of carbonyl (C=O) groups is 1. The van der Waals surface area contributed by atoms with E-state index >= 15 is 0 Å². The third-order valence-corrected chi connectivity index (χ3v) is 2.77. The van der Waals surface area contributed by atoms with Gasteiger partial charge in [-0.05, 0) is 45.0 Å². The van der Waals surface area contributed by atoms with Gasteiger partial charge < -0.3 is 9.64 Å². The van der Waals surface area contributed by atoms with Crippen LogP contribution in [-0.4, -0.2) is 29.5 Å². The Kier molecular flexibility index (Phi) is 5.33. The van der Waals surface area contributed by atoms with E-state index in [0.717, 1.165) is 0 Å². The van der Waals surface area contributed by atoms with E-state index < -0.39 is 0 Å². The zero-order valence-electron chi connectivity index (χ0n) is 12.2. The number of hydrogen-bond acceptors (Lipinski definition) is 3. The van der Waals surface area contributed by atoms with Crippen LogP contribution in [0.4, 0.5) is 0 Å². The minimum atomic E-state index is -0.278. The molecule has 0 radical (unpaired) electrons. The van der Waals surface area contributed by atoms with Crippen LogP contribution in [0, 0.1) is 11.3 Å². The zero-order valence-corrected chi connectivity index (χ0v) is 12.2. The molecule has 0 atom stereocenters. The first-order chi connectivity index (χ1) is 9.38. The van der Waals surface area contributed by atoms with Crippen molar-refractivity contribution >= 4 is 5.91 Å². The molecule has 0 aliphatic heterocycles. The van der Waals surface area contributed by atoms with Crippen molar-refractivity contribution in [2.24, 2.45) is 0 Å².